The number of rotatable bonds is 3. The van der Waals surface area contributed by atoms with Crippen molar-refractivity contribution in [3.63, 3.8) is 0 Å². The van der Waals surface area contributed by atoms with Crippen molar-refractivity contribution in [2.24, 2.45) is 0 Å². The van der Waals surface area contributed by atoms with E-state index in [1.165, 1.54) is 5.56 Å². The van der Waals surface area contributed by atoms with Crippen LogP contribution in [0.4, 0.5) is 0 Å². The fraction of sp³-hybridized carbons (Fsp3) is 0.632. The van der Waals surface area contributed by atoms with Gasteiger partial charge in [-0.05, 0) is 32.8 Å². The van der Waals surface area contributed by atoms with Crippen LogP contribution in [-0.4, -0.2) is 42.6 Å². The number of hydrogen-bond donors (Lipinski definition) is 1. The molecular formula is C19H28N2O2. The molecule has 1 aromatic carbocycles. The van der Waals surface area contributed by atoms with Crippen LogP contribution in [0, 0.1) is 0 Å². The van der Waals surface area contributed by atoms with Crippen molar-refractivity contribution in [2.75, 3.05) is 20.2 Å². The summed E-state index contributed by atoms with van der Waals surface area (Å²) >= 11 is 0. The van der Waals surface area contributed by atoms with Crippen LogP contribution in [0.25, 0.3) is 0 Å². The van der Waals surface area contributed by atoms with Crippen molar-refractivity contribution in [3.05, 3.63) is 29.8 Å². The zero-order chi connectivity index (χ0) is 16.4. The van der Waals surface area contributed by atoms with Gasteiger partial charge < -0.3 is 10.1 Å². The largest absolute Gasteiger partial charge is 0.496 e. The molecular weight excluding hydrogens is 288 g/mol. The van der Waals surface area contributed by atoms with E-state index in [2.05, 4.69) is 36.2 Å². The van der Waals surface area contributed by atoms with Gasteiger partial charge in [0, 0.05) is 37.0 Å². The third-order valence-corrected chi connectivity index (χ3v) is 5.48. The van der Waals surface area contributed by atoms with Gasteiger partial charge in [0.1, 0.15) is 5.75 Å². The zero-order valence-corrected chi connectivity index (χ0v) is 14.5. The first-order valence-electron chi connectivity index (χ1n) is 8.74. The van der Waals surface area contributed by atoms with Crippen LogP contribution in [0.5, 0.6) is 5.75 Å². The van der Waals surface area contributed by atoms with E-state index < -0.39 is 0 Å². The number of likely N-dealkylation sites (tertiary alicyclic amines) is 1. The van der Waals surface area contributed by atoms with E-state index in [4.69, 9.17) is 4.74 Å². The van der Waals surface area contributed by atoms with Gasteiger partial charge in [0.2, 0.25) is 5.91 Å². The summed E-state index contributed by atoms with van der Waals surface area (Å²) in [6.07, 6.45) is 3.80. The fourth-order valence-corrected chi connectivity index (χ4v) is 4.20. The van der Waals surface area contributed by atoms with E-state index in [1.807, 2.05) is 12.1 Å². The number of methoxy groups -OCH3 is 1. The predicted octanol–water partition coefficient (Wildman–Crippen LogP) is 2.93. The topological polar surface area (TPSA) is 41.6 Å². The Hall–Kier alpha value is -1.55. The molecule has 1 aromatic rings. The third kappa shape index (κ3) is 3.09. The monoisotopic (exact) mass is 316 g/mol. The molecule has 2 heterocycles. The summed E-state index contributed by atoms with van der Waals surface area (Å²) in [7, 11) is 1.73. The number of amides is 1. The maximum Gasteiger partial charge on any atom is 0.220 e. The highest BCUT2D eigenvalue weighted by Gasteiger charge is 2.49. The number of carbonyl (C=O) groups excluding carboxylic acids is 1. The SMILES string of the molecule is COc1ccccc1[C@@H]1CN(C(C)C)C[C@]12CCCCC(=O)N2. The Bertz CT molecular complexity index is 572. The van der Waals surface area contributed by atoms with Crippen molar-refractivity contribution < 1.29 is 9.53 Å². The highest BCUT2D eigenvalue weighted by Crippen LogP contribution is 2.44. The van der Waals surface area contributed by atoms with Gasteiger partial charge in [-0.2, -0.15) is 0 Å². The van der Waals surface area contributed by atoms with Gasteiger partial charge in [-0.25, -0.2) is 0 Å². The van der Waals surface area contributed by atoms with Crippen LogP contribution in [0.15, 0.2) is 24.3 Å². The van der Waals surface area contributed by atoms with Crippen LogP contribution < -0.4 is 10.1 Å². The van der Waals surface area contributed by atoms with Crippen molar-refractivity contribution in [3.8, 4) is 5.75 Å². The molecule has 0 saturated carbocycles. The van der Waals surface area contributed by atoms with E-state index in [-0.39, 0.29) is 17.4 Å². The van der Waals surface area contributed by atoms with Crippen LogP contribution in [0.1, 0.15) is 51.0 Å². The molecule has 0 radical (unpaired) electrons. The Morgan fingerprint density at radius 2 is 2.09 bits per heavy atom. The summed E-state index contributed by atoms with van der Waals surface area (Å²) in [4.78, 5) is 14.8. The molecule has 1 amide bonds. The second-order valence-corrected chi connectivity index (χ2v) is 7.23. The number of ether oxygens (including phenoxy) is 1. The Kier molecular flexibility index (Phi) is 4.62. The van der Waals surface area contributed by atoms with Crippen LogP contribution in [-0.2, 0) is 4.79 Å². The lowest BCUT2D eigenvalue weighted by Crippen LogP contribution is -2.52. The molecule has 1 spiro atoms. The maximum atomic E-state index is 12.3. The lowest BCUT2D eigenvalue weighted by Gasteiger charge is -2.35. The van der Waals surface area contributed by atoms with Gasteiger partial charge in [0.05, 0.1) is 12.6 Å². The maximum absolute atomic E-state index is 12.3. The minimum Gasteiger partial charge on any atom is -0.496 e. The number of benzene rings is 1. The minimum absolute atomic E-state index is 0.160. The molecule has 23 heavy (non-hydrogen) atoms. The molecule has 2 atom stereocenters. The first-order valence-corrected chi connectivity index (χ1v) is 8.74. The summed E-state index contributed by atoms with van der Waals surface area (Å²) in [6, 6.07) is 8.75. The molecule has 126 valence electrons. The molecule has 0 bridgehead atoms. The molecule has 2 saturated heterocycles. The van der Waals surface area contributed by atoms with Crippen molar-refractivity contribution in [1.29, 1.82) is 0 Å². The smallest absolute Gasteiger partial charge is 0.220 e. The molecule has 2 aliphatic heterocycles. The molecule has 0 aliphatic carbocycles. The van der Waals surface area contributed by atoms with Gasteiger partial charge in [-0.15, -0.1) is 0 Å². The van der Waals surface area contributed by atoms with Gasteiger partial charge >= 0.3 is 0 Å². The highest BCUT2D eigenvalue weighted by molar-refractivity contribution is 5.77. The van der Waals surface area contributed by atoms with E-state index in [0.29, 0.717) is 12.5 Å². The average Bonchev–Trinajstić information content (AvgIpc) is 2.79. The lowest BCUT2D eigenvalue weighted by molar-refractivity contribution is -0.122. The highest BCUT2D eigenvalue weighted by atomic mass is 16.5. The first-order chi connectivity index (χ1) is 11.1. The first kappa shape index (κ1) is 16.3. The molecule has 4 heteroatoms. The number of carbonyl (C=O) groups is 1. The Morgan fingerprint density at radius 1 is 1.30 bits per heavy atom. The molecule has 4 nitrogen and oxygen atoms in total. The number of nitrogens with one attached hydrogen (secondary N) is 1. The predicted molar refractivity (Wildman–Crippen MR) is 91.8 cm³/mol. The van der Waals surface area contributed by atoms with Gasteiger partial charge in [0.25, 0.3) is 0 Å². The standard InChI is InChI=1S/C19H28N2O2/c1-14(2)21-12-16(15-8-4-5-9-17(15)23-3)19(13-21)11-7-6-10-18(22)20-19/h4-5,8-9,14,16H,6-7,10-13H2,1-3H3,(H,20,22)/t16-,19+/m0/s1. The summed E-state index contributed by atoms with van der Waals surface area (Å²) in [5.41, 5.74) is 1.06. The van der Waals surface area contributed by atoms with Gasteiger partial charge in [-0.3, -0.25) is 9.69 Å². The van der Waals surface area contributed by atoms with Crippen molar-refractivity contribution in [2.45, 2.75) is 57.0 Å². The molecule has 2 aliphatic rings. The third-order valence-electron chi connectivity index (χ3n) is 5.48. The minimum atomic E-state index is -0.160. The van der Waals surface area contributed by atoms with Gasteiger partial charge in [-0.1, -0.05) is 24.6 Å². The number of para-hydroxylation sites is 1. The molecule has 0 unspecified atom stereocenters. The van der Waals surface area contributed by atoms with Crippen molar-refractivity contribution >= 4 is 5.91 Å². The summed E-state index contributed by atoms with van der Waals surface area (Å²) < 4.78 is 5.61. The van der Waals surface area contributed by atoms with E-state index >= 15 is 0 Å². The Labute approximate surface area is 139 Å². The van der Waals surface area contributed by atoms with Crippen LogP contribution >= 0.6 is 0 Å². The van der Waals surface area contributed by atoms with E-state index in [9.17, 15) is 4.79 Å². The molecule has 1 N–H and O–H groups in total. The molecule has 2 fully saturated rings. The van der Waals surface area contributed by atoms with E-state index in [1.54, 1.807) is 7.11 Å². The quantitative estimate of drug-likeness (QED) is 0.932. The van der Waals surface area contributed by atoms with Crippen LogP contribution in [0.2, 0.25) is 0 Å². The average molecular weight is 316 g/mol. The van der Waals surface area contributed by atoms with Crippen molar-refractivity contribution in [1.82, 2.24) is 10.2 Å². The lowest BCUT2D eigenvalue weighted by atomic mass is 9.78. The summed E-state index contributed by atoms with van der Waals surface area (Å²) in [6.45, 7) is 6.37. The zero-order valence-electron chi connectivity index (χ0n) is 14.5. The van der Waals surface area contributed by atoms with Crippen LogP contribution in [0.3, 0.4) is 0 Å². The normalized spacial score (nSPS) is 28.9. The Balaban J connectivity index is 2.01. The van der Waals surface area contributed by atoms with Gasteiger partial charge in [0.15, 0.2) is 0 Å². The summed E-state index contributed by atoms with van der Waals surface area (Å²) in [5.74, 6) is 1.41. The second kappa shape index (κ2) is 6.52. The molecule has 3 rings (SSSR count). The Morgan fingerprint density at radius 3 is 2.83 bits per heavy atom. The van der Waals surface area contributed by atoms with E-state index in [0.717, 1.165) is 38.1 Å². The summed E-state index contributed by atoms with van der Waals surface area (Å²) in [5, 5.41) is 3.40. The number of nitrogens with zero attached hydrogens (tertiary/aromatic N) is 1. The number of hydrogen-bond acceptors (Lipinski definition) is 3. The molecule has 0 aromatic heterocycles. The second-order valence-electron chi connectivity index (χ2n) is 7.23. The fourth-order valence-electron chi connectivity index (χ4n) is 4.20.